The molecule has 1 aliphatic rings. The van der Waals surface area contributed by atoms with E-state index in [1.165, 1.54) is 0 Å². The quantitative estimate of drug-likeness (QED) is 0.589. The van der Waals surface area contributed by atoms with Gasteiger partial charge in [-0.25, -0.2) is 0 Å². The molecule has 0 aromatic heterocycles. The number of ether oxygens (including phenoxy) is 1. The number of carbonyl (C=O) groups is 1. The molecule has 5 nitrogen and oxygen atoms in total. The maximum absolute atomic E-state index is 11.5. The first-order chi connectivity index (χ1) is 8.70. The van der Waals surface area contributed by atoms with Crippen LogP contribution in [0.3, 0.4) is 0 Å². The largest absolute Gasteiger partial charge is 0.481 e. The Hall–Kier alpha value is -0.910. The van der Waals surface area contributed by atoms with Crippen molar-refractivity contribution in [3.05, 3.63) is 12.7 Å². The van der Waals surface area contributed by atoms with Crippen molar-refractivity contribution in [1.29, 1.82) is 0 Å². The van der Waals surface area contributed by atoms with Gasteiger partial charge in [-0.1, -0.05) is 6.08 Å². The number of aliphatic carboxylic acids is 1. The fourth-order valence-electron chi connectivity index (χ4n) is 2.45. The number of piperidine rings is 1. The number of aliphatic hydroxyl groups excluding tert-OH is 1. The van der Waals surface area contributed by atoms with E-state index in [2.05, 4.69) is 6.58 Å². The van der Waals surface area contributed by atoms with Crippen LogP contribution in [0.2, 0.25) is 0 Å². The number of aliphatic hydroxyl groups is 1. The zero-order chi connectivity index (χ0) is 14.7. The lowest BCUT2D eigenvalue weighted by atomic mass is 9.77. The van der Waals surface area contributed by atoms with Gasteiger partial charge in [0.1, 0.15) is 0 Å². The minimum atomic E-state index is -1.07. The van der Waals surface area contributed by atoms with E-state index in [4.69, 9.17) is 4.74 Å². The smallest absolute Gasteiger partial charge is 0.311 e. The number of carboxylic acid groups (broad SMARTS) is 1. The van der Waals surface area contributed by atoms with Crippen molar-refractivity contribution in [2.75, 3.05) is 13.1 Å². The molecule has 2 N–H and O–H groups in total. The standard InChI is InChI=1S/C14H25NO4/c1-5-7-14(11(16)17)8-6-9-15(10-14)12(18)19-13(2,3)4/h5,12,18H,1,6-10H2,2-4H3,(H,16,17)/t12?,14-/m1/s1. The van der Waals surface area contributed by atoms with Crippen LogP contribution in [0.15, 0.2) is 12.7 Å². The van der Waals surface area contributed by atoms with E-state index >= 15 is 0 Å². The SMILES string of the molecule is C=CC[C@@]1(C(=O)O)CCCN(C(O)OC(C)(C)C)C1. The maximum atomic E-state index is 11.5. The maximum Gasteiger partial charge on any atom is 0.311 e. The van der Waals surface area contributed by atoms with Crippen LogP contribution in [0.5, 0.6) is 0 Å². The monoisotopic (exact) mass is 271 g/mol. The fraction of sp³-hybridized carbons (Fsp3) is 0.786. The van der Waals surface area contributed by atoms with Crippen molar-refractivity contribution in [2.45, 2.75) is 52.0 Å². The lowest BCUT2D eigenvalue weighted by Gasteiger charge is -2.42. The summed E-state index contributed by atoms with van der Waals surface area (Å²) in [5.41, 5.74) is -1.33. The van der Waals surface area contributed by atoms with Gasteiger partial charge < -0.3 is 14.9 Å². The van der Waals surface area contributed by atoms with E-state index in [-0.39, 0.29) is 6.54 Å². The average Bonchev–Trinajstić information content (AvgIpc) is 2.27. The highest BCUT2D eigenvalue weighted by Gasteiger charge is 2.43. The van der Waals surface area contributed by atoms with Gasteiger partial charge in [-0.3, -0.25) is 9.69 Å². The summed E-state index contributed by atoms with van der Waals surface area (Å²) in [6, 6.07) is 0. The molecule has 0 bridgehead atoms. The highest BCUT2D eigenvalue weighted by Crippen LogP contribution is 2.35. The Bertz CT molecular complexity index is 337. The number of rotatable bonds is 5. The van der Waals surface area contributed by atoms with Crippen molar-refractivity contribution in [2.24, 2.45) is 5.41 Å². The van der Waals surface area contributed by atoms with Crippen molar-refractivity contribution in [3.63, 3.8) is 0 Å². The molecule has 1 unspecified atom stereocenters. The number of likely N-dealkylation sites (tertiary alicyclic amines) is 1. The highest BCUT2D eigenvalue weighted by molar-refractivity contribution is 5.75. The number of hydrogen-bond donors (Lipinski definition) is 2. The van der Waals surface area contributed by atoms with Crippen LogP contribution >= 0.6 is 0 Å². The average molecular weight is 271 g/mol. The van der Waals surface area contributed by atoms with Crippen LogP contribution in [-0.2, 0) is 9.53 Å². The topological polar surface area (TPSA) is 70.0 Å². The van der Waals surface area contributed by atoms with Gasteiger partial charge >= 0.3 is 5.97 Å². The Balaban J connectivity index is 2.77. The number of allylic oxidation sites excluding steroid dienone is 1. The van der Waals surface area contributed by atoms with Crippen LogP contribution in [0.1, 0.15) is 40.0 Å². The van der Waals surface area contributed by atoms with Crippen molar-refractivity contribution in [1.82, 2.24) is 4.90 Å². The lowest BCUT2D eigenvalue weighted by Crippen LogP contribution is -2.53. The van der Waals surface area contributed by atoms with E-state index < -0.39 is 23.4 Å². The van der Waals surface area contributed by atoms with Gasteiger partial charge in [0.2, 0.25) is 6.41 Å². The molecule has 1 rings (SSSR count). The Morgan fingerprint density at radius 2 is 2.21 bits per heavy atom. The van der Waals surface area contributed by atoms with Gasteiger partial charge in [0, 0.05) is 13.1 Å². The van der Waals surface area contributed by atoms with Crippen LogP contribution in [0, 0.1) is 5.41 Å². The molecule has 0 spiro atoms. The zero-order valence-corrected chi connectivity index (χ0v) is 12.1. The third-order valence-electron chi connectivity index (χ3n) is 3.37. The third kappa shape index (κ3) is 4.30. The minimum absolute atomic E-state index is 0.283. The fourth-order valence-corrected chi connectivity index (χ4v) is 2.45. The molecular weight excluding hydrogens is 246 g/mol. The molecule has 1 fully saturated rings. The minimum Gasteiger partial charge on any atom is -0.481 e. The molecule has 0 radical (unpaired) electrons. The van der Waals surface area contributed by atoms with Gasteiger partial charge in [-0.15, -0.1) is 6.58 Å². The molecule has 0 aromatic rings. The number of hydrogen-bond acceptors (Lipinski definition) is 4. The van der Waals surface area contributed by atoms with Crippen LogP contribution in [-0.4, -0.2) is 46.2 Å². The predicted molar refractivity (Wildman–Crippen MR) is 72.5 cm³/mol. The Morgan fingerprint density at radius 3 is 2.68 bits per heavy atom. The normalized spacial score (nSPS) is 26.9. The molecule has 5 heteroatoms. The molecular formula is C14H25NO4. The lowest BCUT2D eigenvalue weighted by molar-refractivity contribution is -0.249. The first-order valence-corrected chi connectivity index (χ1v) is 6.64. The van der Waals surface area contributed by atoms with Crippen LogP contribution in [0.4, 0.5) is 0 Å². The summed E-state index contributed by atoms with van der Waals surface area (Å²) in [6.07, 6.45) is 2.30. The molecule has 110 valence electrons. The number of carboxylic acids is 1. The second-order valence-corrected chi connectivity index (χ2v) is 6.21. The summed E-state index contributed by atoms with van der Waals surface area (Å²) >= 11 is 0. The van der Waals surface area contributed by atoms with E-state index in [9.17, 15) is 15.0 Å². The number of nitrogens with zero attached hydrogens (tertiary/aromatic N) is 1. The van der Waals surface area contributed by atoms with Gasteiger partial charge in [-0.2, -0.15) is 0 Å². The molecule has 2 atom stereocenters. The summed E-state index contributed by atoms with van der Waals surface area (Å²) in [7, 11) is 0. The first-order valence-electron chi connectivity index (χ1n) is 6.64. The predicted octanol–water partition coefficient (Wildman–Crippen LogP) is 1.82. The molecule has 0 aliphatic carbocycles. The summed E-state index contributed by atoms with van der Waals surface area (Å²) in [6.45, 7) is 10.1. The van der Waals surface area contributed by atoms with Crippen molar-refractivity contribution >= 4 is 5.97 Å². The summed E-state index contributed by atoms with van der Waals surface area (Å²) in [5, 5.41) is 19.5. The Labute approximate surface area is 114 Å². The van der Waals surface area contributed by atoms with E-state index in [1.807, 2.05) is 20.8 Å². The van der Waals surface area contributed by atoms with Gasteiger partial charge in [0.15, 0.2) is 0 Å². The summed E-state index contributed by atoms with van der Waals surface area (Å²) < 4.78 is 5.49. The third-order valence-corrected chi connectivity index (χ3v) is 3.37. The second kappa shape index (κ2) is 6.03. The molecule has 0 saturated carbocycles. The molecule has 0 amide bonds. The van der Waals surface area contributed by atoms with Gasteiger partial charge in [-0.05, 0) is 40.0 Å². The summed E-state index contributed by atoms with van der Waals surface area (Å²) in [4.78, 5) is 13.2. The van der Waals surface area contributed by atoms with Gasteiger partial charge in [0.25, 0.3) is 0 Å². The summed E-state index contributed by atoms with van der Waals surface area (Å²) in [5.74, 6) is -0.833. The van der Waals surface area contributed by atoms with Crippen LogP contribution in [0.25, 0.3) is 0 Å². The van der Waals surface area contributed by atoms with Crippen molar-refractivity contribution in [3.8, 4) is 0 Å². The Kier molecular flexibility index (Phi) is 5.12. The zero-order valence-electron chi connectivity index (χ0n) is 12.1. The molecule has 1 aliphatic heterocycles. The van der Waals surface area contributed by atoms with Crippen LogP contribution < -0.4 is 0 Å². The Morgan fingerprint density at radius 1 is 1.58 bits per heavy atom. The highest BCUT2D eigenvalue weighted by atomic mass is 16.6. The van der Waals surface area contributed by atoms with Gasteiger partial charge in [0.05, 0.1) is 11.0 Å². The van der Waals surface area contributed by atoms with Crippen molar-refractivity contribution < 1.29 is 19.7 Å². The van der Waals surface area contributed by atoms with E-state index in [0.29, 0.717) is 19.4 Å². The van der Waals surface area contributed by atoms with E-state index in [0.717, 1.165) is 6.42 Å². The second-order valence-electron chi connectivity index (χ2n) is 6.21. The first kappa shape index (κ1) is 16.1. The van der Waals surface area contributed by atoms with E-state index in [1.54, 1.807) is 11.0 Å². The molecule has 19 heavy (non-hydrogen) atoms. The molecule has 0 aromatic carbocycles. The molecule has 1 saturated heterocycles. The molecule has 1 heterocycles.